The summed E-state index contributed by atoms with van der Waals surface area (Å²) in [4.78, 5) is 15.2. The van der Waals surface area contributed by atoms with Gasteiger partial charge in [0.2, 0.25) is 5.91 Å². The fourth-order valence-corrected chi connectivity index (χ4v) is 2.44. The van der Waals surface area contributed by atoms with Crippen molar-refractivity contribution in [2.45, 2.75) is 25.3 Å². The van der Waals surface area contributed by atoms with Crippen molar-refractivity contribution >= 4 is 16.8 Å². The molecule has 2 rings (SSSR count). The maximum absolute atomic E-state index is 12.0. The maximum Gasteiger partial charge on any atom is 0.220 e. The zero-order valence-electron chi connectivity index (χ0n) is 12.3. The van der Waals surface area contributed by atoms with E-state index in [1.165, 1.54) is 0 Å². The van der Waals surface area contributed by atoms with Gasteiger partial charge in [0.25, 0.3) is 0 Å². The summed E-state index contributed by atoms with van der Waals surface area (Å²) in [7, 11) is 1.59. The minimum Gasteiger partial charge on any atom is -0.396 e. The van der Waals surface area contributed by atoms with Crippen LogP contribution in [0.4, 0.5) is 0 Å². The van der Waals surface area contributed by atoms with Crippen LogP contribution in [0.2, 0.25) is 0 Å². The number of amides is 1. The SMILES string of the molecule is COCC(CCO)NC(=O)CCc1c[nH]c2ccccc12. The number of methoxy groups -OCH3 is 1. The zero-order valence-corrected chi connectivity index (χ0v) is 12.3. The summed E-state index contributed by atoms with van der Waals surface area (Å²) in [5, 5.41) is 13.0. The van der Waals surface area contributed by atoms with Crippen molar-refractivity contribution in [1.29, 1.82) is 0 Å². The highest BCUT2D eigenvalue weighted by Gasteiger charge is 2.12. The lowest BCUT2D eigenvalue weighted by Gasteiger charge is -2.16. The lowest BCUT2D eigenvalue weighted by molar-refractivity contribution is -0.122. The van der Waals surface area contributed by atoms with Crippen molar-refractivity contribution in [3.63, 3.8) is 0 Å². The predicted molar refractivity (Wildman–Crippen MR) is 82.1 cm³/mol. The first-order valence-electron chi connectivity index (χ1n) is 7.18. The minimum absolute atomic E-state index is 0.0178. The molecule has 0 aliphatic rings. The molecule has 0 saturated carbocycles. The Bertz CT molecular complexity index is 574. The van der Waals surface area contributed by atoms with Gasteiger partial charge >= 0.3 is 0 Å². The standard InChI is InChI=1S/C16H22N2O3/c1-21-11-13(8-9-19)18-16(20)7-6-12-10-17-15-5-3-2-4-14(12)15/h2-5,10,13,17,19H,6-9,11H2,1H3,(H,18,20). The number of hydrogen-bond acceptors (Lipinski definition) is 3. The number of aromatic nitrogens is 1. The van der Waals surface area contributed by atoms with Crippen LogP contribution in [0, 0.1) is 0 Å². The molecule has 0 fully saturated rings. The fourth-order valence-electron chi connectivity index (χ4n) is 2.44. The van der Waals surface area contributed by atoms with E-state index in [1.807, 2.05) is 24.4 Å². The summed E-state index contributed by atoms with van der Waals surface area (Å²) in [6, 6.07) is 7.93. The number of para-hydroxylation sites is 1. The summed E-state index contributed by atoms with van der Waals surface area (Å²) in [6.07, 6.45) is 3.58. The van der Waals surface area contributed by atoms with Crippen LogP contribution in [0.25, 0.3) is 10.9 Å². The van der Waals surface area contributed by atoms with Gasteiger partial charge in [-0.05, 0) is 24.5 Å². The van der Waals surface area contributed by atoms with Gasteiger partial charge in [0.15, 0.2) is 0 Å². The third-order valence-electron chi connectivity index (χ3n) is 3.51. The lowest BCUT2D eigenvalue weighted by Crippen LogP contribution is -2.38. The van der Waals surface area contributed by atoms with Crippen LogP contribution >= 0.6 is 0 Å². The van der Waals surface area contributed by atoms with E-state index < -0.39 is 0 Å². The Balaban J connectivity index is 1.88. The number of aliphatic hydroxyl groups excluding tert-OH is 1. The first-order chi connectivity index (χ1) is 10.2. The molecule has 1 atom stereocenters. The Kier molecular flexibility index (Phi) is 5.78. The van der Waals surface area contributed by atoms with Crippen LogP contribution in [-0.4, -0.2) is 42.4 Å². The number of nitrogens with one attached hydrogen (secondary N) is 2. The molecule has 2 aromatic rings. The van der Waals surface area contributed by atoms with E-state index >= 15 is 0 Å². The number of carbonyl (C=O) groups excluding carboxylic acids is 1. The van der Waals surface area contributed by atoms with Crippen molar-refractivity contribution < 1.29 is 14.6 Å². The molecule has 1 heterocycles. The third-order valence-corrected chi connectivity index (χ3v) is 3.51. The van der Waals surface area contributed by atoms with E-state index in [0.717, 1.165) is 16.5 Å². The molecule has 1 aromatic carbocycles. The van der Waals surface area contributed by atoms with E-state index in [9.17, 15) is 4.79 Å². The molecule has 0 radical (unpaired) electrons. The normalized spacial score (nSPS) is 12.5. The third kappa shape index (κ3) is 4.31. The number of aliphatic hydroxyl groups is 1. The van der Waals surface area contributed by atoms with Crippen LogP contribution in [0.15, 0.2) is 30.5 Å². The summed E-state index contributed by atoms with van der Waals surface area (Å²) in [6.45, 7) is 0.455. The molecular weight excluding hydrogens is 268 g/mol. The van der Waals surface area contributed by atoms with Gasteiger partial charge in [-0.3, -0.25) is 4.79 Å². The molecule has 0 saturated heterocycles. The average Bonchev–Trinajstić information content (AvgIpc) is 2.89. The first-order valence-corrected chi connectivity index (χ1v) is 7.18. The molecule has 1 amide bonds. The number of aryl methyl sites for hydroxylation is 1. The van der Waals surface area contributed by atoms with Crippen LogP contribution < -0.4 is 5.32 Å². The molecule has 0 bridgehead atoms. The molecule has 1 aromatic heterocycles. The van der Waals surface area contributed by atoms with E-state index in [1.54, 1.807) is 7.11 Å². The first kappa shape index (κ1) is 15.5. The number of fused-ring (bicyclic) bond motifs is 1. The second kappa shape index (κ2) is 7.81. The maximum atomic E-state index is 12.0. The number of hydrogen-bond donors (Lipinski definition) is 3. The average molecular weight is 290 g/mol. The van der Waals surface area contributed by atoms with Gasteiger partial charge in [0.05, 0.1) is 12.6 Å². The Labute approximate surface area is 124 Å². The predicted octanol–water partition coefficient (Wildman–Crippen LogP) is 1.61. The van der Waals surface area contributed by atoms with Crippen LogP contribution in [0.3, 0.4) is 0 Å². The van der Waals surface area contributed by atoms with Crippen LogP contribution in [-0.2, 0) is 16.0 Å². The Morgan fingerprint density at radius 2 is 2.24 bits per heavy atom. The van der Waals surface area contributed by atoms with Crippen LogP contribution in [0.1, 0.15) is 18.4 Å². The van der Waals surface area contributed by atoms with Gasteiger partial charge in [-0.25, -0.2) is 0 Å². The van der Waals surface area contributed by atoms with Crippen molar-refractivity contribution in [2.24, 2.45) is 0 Å². The van der Waals surface area contributed by atoms with Crippen molar-refractivity contribution in [3.05, 3.63) is 36.0 Å². The Morgan fingerprint density at radius 1 is 1.43 bits per heavy atom. The van der Waals surface area contributed by atoms with Gasteiger partial charge in [-0.2, -0.15) is 0 Å². The Morgan fingerprint density at radius 3 is 3.00 bits per heavy atom. The fraction of sp³-hybridized carbons (Fsp3) is 0.438. The highest BCUT2D eigenvalue weighted by atomic mass is 16.5. The van der Waals surface area contributed by atoms with E-state index in [-0.39, 0.29) is 18.6 Å². The minimum atomic E-state index is -0.129. The summed E-state index contributed by atoms with van der Waals surface area (Å²) in [5.41, 5.74) is 2.23. The molecule has 0 aliphatic carbocycles. The highest BCUT2D eigenvalue weighted by molar-refractivity contribution is 5.84. The molecule has 1 unspecified atom stereocenters. The summed E-state index contributed by atoms with van der Waals surface area (Å²) < 4.78 is 5.03. The van der Waals surface area contributed by atoms with Crippen molar-refractivity contribution in [3.8, 4) is 0 Å². The number of aromatic amines is 1. The quantitative estimate of drug-likeness (QED) is 0.691. The molecule has 114 valence electrons. The molecule has 5 nitrogen and oxygen atoms in total. The molecule has 3 N–H and O–H groups in total. The Hall–Kier alpha value is -1.85. The zero-order chi connectivity index (χ0) is 15.1. The number of carbonyl (C=O) groups is 1. The van der Waals surface area contributed by atoms with E-state index in [0.29, 0.717) is 25.9 Å². The van der Waals surface area contributed by atoms with Gasteiger partial charge < -0.3 is 20.1 Å². The second-order valence-corrected chi connectivity index (χ2v) is 5.09. The monoisotopic (exact) mass is 290 g/mol. The number of H-pyrrole nitrogens is 1. The number of rotatable bonds is 8. The van der Waals surface area contributed by atoms with Crippen LogP contribution in [0.5, 0.6) is 0 Å². The summed E-state index contributed by atoms with van der Waals surface area (Å²) in [5.74, 6) is -0.0178. The summed E-state index contributed by atoms with van der Waals surface area (Å²) >= 11 is 0. The largest absolute Gasteiger partial charge is 0.396 e. The van der Waals surface area contributed by atoms with Gasteiger partial charge in [-0.1, -0.05) is 18.2 Å². The van der Waals surface area contributed by atoms with Crippen molar-refractivity contribution in [2.75, 3.05) is 20.3 Å². The molecule has 5 heteroatoms. The van der Waals surface area contributed by atoms with Gasteiger partial charge in [0, 0.05) is 37.2 Å². The molecule has 0 aliphatic heterocycles. The smallest absolute Gasteiger partial charge is 0.220 e. The topological polar surface area (TPSA) is 74.3 Å². The second-order valence-electron chi connectivity index (χ2n) is 5.09. The van der Waals surface area contributed by atoms with Gasteiger partial charge in [-0.15, -0.1) is 0 Å². The lowest BCUT2D eigenvalue weighted by atomic mass is 10.1. The molecule has 21 heavy (non-hydrogen) atoms. The van der Waals surface area contributed by atoms with E-state index in [4.69, 9.17) is 9.84 Å². The van der Waals surface area contributed by atoms with Crippen molar-refractivity contribution in [1.82, 2.24) is 10.3 Å². The van der Waals surface area contributed by atoms with E-state index in [2.05, 4.69) is 16.4 Å². The number of ether oxygens (including phenoxy) is 1. The van der Waals surface area contributed by atoms with Gasteiger partial charge in [0.1, 0.15) is 0 Å². The number of benzene rings is 1. The molecule has 0 spiro atoms. The highest BCUT2D eigenvalue weighted by Crippen LogP contribution is 2.18. The molecular formula is C16H22N2O3.